The number of hydrogen-bond acceptors (Lipinski definition) is 8. The lowest BCUT2D eigenvalue weighted by atomic mass is 10.0. The third-order valence-corrected chi connectivity index (χ3v) is 2.48. The number of carbonyl (C=O) groups excluding carboxylic acids is 3. The van der Waals surface area contributed by atoms with Crippen LogP contribution in [0.2, 0.25) is 0 Å². The van der Waals surface area contributed by atoms with Gasteiger partial charge in [-0.25, -0.2) is 9.59 Å². The van der Waals surface area contributed by atoms with E-state index >= 15 is 0 Å². The second-order valence-electron chi connectivity index (χ2n) is 5.22. The molecule has 0 aliphatic heterocycles. The molecular weight excluding hydrogens is 308 g/mol. The van der Waals surface area contributed by atoms with Crippen molar-refractivity contribution in [1.29, 1.82) is 0 Å². The van der Waals surface area contributed by atoms with Crippen LogP contribution in [0, 0.1) is 0 Å². The van der Waals surface area contributed by atoms with E-state index in [1.54, 1.807) is 0 Å². The third-order valence-electron chi connectivity index (χ3n) is 2.48. The predicted octanol–water partition coefficient (Wildman–Crippen LogP) is 2.31. The van der Waals surface area contributed by atoms with Gasteiger partial charge in [-0.05, 0) is 27.2 Å². The van der Waals surface area contributed by atoms with Gasteiger partial charge in [0.05, 0.1) is 12.2 Å². The molecule has 0 saturated heterocycles. The Labute approximate surface area is 135 Å². The lowest BCUT2D eigenvalue weighted by molar-refractivity contribution is -0.318. The van der Waals surface area contributed by atoms with Crippen molar-refractivity contribution < 1.29 is 38.4 Å². The molecule has 0 aromatic rings. The smallest absolute Gasteiger partial charge is 0.431 e. The summed E-state index contributed by atoms with van der Waals surface area (Å²) < 4.78 is 13.8. The van der Waals surface area contributed by atoms with Crippen LogP contribution in [0.4, 0.5) is 4.79 Å². The van der Waals surface area contributed by atoms with Crippen LogP contribution in [-0.4, -0.2) is 43.8 Å². The van der Waals surface area contributed by atoms with Gasteiger partial charge in [-0.1, -0.05) is 13.3 Å². The maximum absolute atomic E-state index is 11.6. The molecule has 0 unspecified atom stereocenters. The third kappa shape index (κ3) is 11.3. The molecule has 0 aliphatic rings. The summed E-state index contributed by atoms with van der Waals surface area (Å²) in [6, 6.07) is 0. The highest BCUT2D eigenvalue weighted by atomic mass is 17.2. The standard InChI is InChI=1S/C15H24O8/c1-5-6-15(3,4)23-21-11-12(2)13(17)22-14(18)20-10-9-19-8-7-16/h7,11H,5-6,8-10H2,1-4H3. The van der Waals surface area contributed by atoms with E-state index in [0.29, 0.717) is 6.29 Å². The number of esters is 1. The first-order valence-electron chi connectivity index (χ1n) is 7.24. The molecular formula is C15H24O8. The predicted molar refractivity (Wildman–Crippen MR) is 79.2 cm³/mol. The maximum Gasteiger partial charge on any atom is 0.516 e. The number of rotatable bonds is 11. The molecule has 0 spiro atoms. The van der Waals surface area contributed by atoms with Crippen molar-refractivity contribution in [2.45, 2.75) is 46.1 Å². The Kier molecular flexibility index (Phi) is 10.6. The highest BCUT2D eigenvalue weighted by molar-refractivity contribution is 5.93. The Morgan fingerprint density at radius 1 is 1.17 bits per heavy atom. The molecule has 23 heavy (non-hydrogen) atoms. The van der Waals surface area contributed by atoms with Crippen molar-refractivity contribution in [3.8, 4) is 0 Å². The molecule has 8 nitrogen and oxygen atoms in total. The fourth-order valence-corrected chi connectivity index (χ4v) is 1.42. The van der Waals surface area contributed by atoms with Crippen molar-refractivity contribution in [3.05, 3.63) is 11.8 Å². The van der Waals surface area contributed by atoms with E-state index in [1.807, 2.05) is 20.8 Å². The van der Waals surface area contributed by atoms with E-state index in [9.17, 15) is 14.4 Å². The number of hydrogen-bond donors (Lipinski definition) is 0. The summed E-state index contributed by atoms with van der Waals surface area (Å²) in [6.07, 6.45) is 2.16. The van der Waals surface area contributed by atoms with Gasteiger partial charge in [-0.15, -0.1) is 0 Å². The minimum absolute atomic E-state index is 0.0281. The van der Waals surface area contributed by atoms with Gasteiger partial charge in [-0.3, -0.25) is 0 Å². The molecule has 0 fully saturated rings. The van der Waals surface area contributed by atoms with Crippen molar-refractivity contribution in [2.75, 3.05) is 19.8 Å². The lowest BCUT2D eigenvalue weighted by Gasteiger charge is -2.21. The largest absolute Gasteiger partial charge is 0.516 e. The average molecular weight is 332 g/mol. The van der Waals surface area contributed by atoms with E-state index in [-0.39, 0.29) is 25.4 Å². The molecule has 0 amide bonds. The summed E-state index contributed by atoms with van der Waals surface area (Å²) in [4.78, 5) is 42.8. The first-order valence-corrected chi connectivity index (χ1v) is 7.24. The first kappa shape index (κ1) is 21.1. The second-order valence-corrected chi connectivity index (χ2v) is 5.22. The summed E-state index contributed by atoms with van der Waals surface area (Å²) in [5, 5.41) is 0. The molecule has 132 valence electrons. The van der Waals surface area contributed by atoms with Crippen LogP contribution in [0.3, 0.4) is 0 Å². The Balaban J connectivity index is 4.06. The number of aldehydes is 1. The maximum atomic E-state index is 11.6. The van der Waals surface area contributed by atoms with Gasteiger partial charge in [0.15, 0.2) is 0 Å². The Morgan fingerprint density at radius 2 is 1.87 bits per heavy atom. The molecule has 0 aromatic carbocycles. The molecule has 0 atom stereocenters. The SMILES string of the molecule is CCCC(C)(C)OOC=C(C)C(=O)OC(=O)OCCOCC=O. The lowest BCUT2D eigenvalue weighted by Crippen LogP contribution is -2.23. The molecule has 0 aromatic heterocycles. The Morgan fingerprint density at radius 3 is 2.48 bits per heavy atom. The van der Waals surface area contributed by atoms with Crippen LogP contribution in [0.1, 0.15) is 40.5 Å². The van der Waals surface area contributed by atoms with Gasteiger partial charge in [0, 0.05) is 0 Å². The monoisotopic (exact) mass is 332 g/mol. The molecule has 0 heterocycles. The molecule has 0 saturated carbocycles. The zero-order valence-electron chi connectivity index (χ0n) is 14.0. The topological polar surface area (TPSA) is 97.4 Å². The van der Waals surface area contributed by atoms with Crippen LogP contribution in [0.5, 0.6) is 0 Å². The highest BCUT2D eigenvalue weighted by Crippen LogP contribution is 2.17. The molecule has 0 radical (unpaired) electrons. The van der Waals surface area contributed by atoms with Crippen molar-refractivity contribution >= 4 is 18.4 Å². The van der Waals surface area contributed by atoms with Crippen molar-refractivity contribution in [2.24, 2.45) is 0 Å². The summed E-state index contributed by atoms with van der Waals surface area (Å²) >= 11 is 0. The van der Waals surface area contributed by atoms with Crippen molar-refractivity contribution in [1.82, 2.24) is 0 Å². The summed E-state index contributed by atoms with van der Waals surface area (Å²) in [5.74, 6) is -0.916. The van der Waals surface area contributed by atoms with Crippen molar-refractivity contribution in [3.63, 3.8) is 0 Å². The number of carbonyl (C=O) groups is 3. The van der Waals surface area contributed by atoms with Crippen LogP contribution in [0.15, 0.2) is 11.8 Å². The van der Waals surface area contributed by atoms with E-state index in [2.05, 4.69) is 9.47 Å². The van der Waals surface area contributed by atoms with E-state index in [0.717, 1.165) is 19.1 Å². The quantitative estimate of drug-likeness (QED) is 0.0831. The summed E-state index contributed by atoms with van der Waals surface area (Å²) in [7, 11) is 0. The minimum atomic E-state index is -1.16. The van der Waals surface area contributed by atoms with Gasteiger partial charge in [0.1, 0.15) is 31.4 Å². The zero-order valence-corrected chi connectivity index (χ0v) is 14.0. The normalized spacial score (nSPS) is 11.7. The van der Waals surface area contributed by atoms with Gasteiger partial charge >= 0.3 is 12.1 Å². The summed E-state index contributed by atoms with van der Waals surface area (Å²) in [5.41, 5.74) is -0.456. The Hall–Kier alpha value is -1.93. The van der Waals surface area contributed by atoms with Gasteiger partial charge in [-0.2, -0.15) is 4.89 Å². The van der Waals surface area contributed by atoms with E-state index < -0.39 is 17.7 Å². The van der Waals surface area contributed by atoms with Crippen LogP contribution in [0.25, 0.3) is 0 Å². The minimum Gasteiger partial charge on any atom is -0.431 e. The van der Waals surface area contributed by atoms with Gasteiger partial charge < -0.3 is 23.9 Å². The number of ether oxygens (including phenoxy) is 3. The molecule has 0 bridgehead atoms. The molecule has 0 rings (SSSR count). The molecule has 0 N–H and O–H groups in total. The molecule has 0 aliphatic carbocycles. The fourth-order valence-electron chi connectivity index (χ4n) is 1.42. The van der Waals surface area contributed by atoms with E-state index in [4.69, 9.17) is 14.5 Å². The zero-order chi connectivity index (χ0) is 17.7. The van der Waals surface area contributed by atoms with Gasteiger partial charge in [0.25, 0.3) is 0 Å². The molecule has 8 heteroatoms. The summed E-state index contributed by atoms with van der Waals surface area (Å²) in [6.45, 7) is 6.92. The van der Waals surface area contributed by atoms with Crippen LogP contribution < -0.4 is 0 Å². The Bertz CT molecular complexity index is 414. The fraction of sp³-hybridized carbons (Fsp3) is 0.667. The second kappa shape index (κ2) is 11.6. The van der Waals surface area contributed by atoms with Gasteiger partial charge in [0.2, 0.25) is 0 Å². The highest BCUT2D eigenvalue weighted by Gasteiger charge is 2.19. The average Bonchev–Trinajstić information content (AvgIpc) is 2.46. The first-order chi connectivity index (χ1) is 10.8. The van der Waals surface area contributed by atoms with E-state index in [1.165, 1.54) is 6.92 Å². The van der Waals surface area contributed by atoms with Crippen LogP contribution >= 0.6 is 0 Å². The van der Waals surface area contributed by atoms with Crippen LogP contribution in [-0.2, 0) is 33.6 Å².